The monoisotopic (exact) mass is 310 g/mol. The number of aliphatic hydroxyl groups is 4. The fraction of sp³-hybridized carbons (Fsp3) is 1.00. The van der Waals surface area contributed by atoms with Crippen LogP contribution in [0.1, 0.15) is 20.8 Å². The van der Waals surface area contributed by atoms with Gasteiger partial charge in [0.2, 0.25) is 0 Å². The van der Waals surface area contributed by atoms with Gasteiger partial charge in [-0.25, -0.2) is 0 Å². The first-order chi connectivity index (χ1) is 9.81. The number of rotatable bonds is 13. The van der Waals surface area contributed by atoms with Gasteiger partial charge < -0.3 is 34.6 Å². The first-order valence-corrected chi connectivity index (χ1v) is 7.19. The third kappa shape index (κ3) is 11.0. The molecule has 0 amide bonds. The second kappa shape index (κ2) is 11.3. The van der Waals surface area contributed by atoms with Crippen LogP contribution in [-0.2, 0) is 14.2 Å². The van der Waals surface area contributed by atoms with Gasteiger partial charge in [0.15, 0.2) is 0 Å². The summed E-state index contributed by atoms with van der Waals surface area (Å²) in [5, 5.41) is 37.3. The third-order valence-electron chi connectivity index (χ3n) is 2.64. The lowest BCUT2D eigenvalue weighted by atomic mass is 9.92. The lowest BCUT2D eigenvalue weighted by Crippen LogP contribution is -2.42. The largest absolute Gasteiger partial charge is 0.396 e. The van der Waals surface area contributed by atoms with E-state index in [9.17, 15) is 20.4 Å². The summed E-state index contributed by atoms with van der Waals surface area (Å²) in [6.07, 6.45) is -1.80. The summed E-state index contributed by atoms with van der Waals surface area (Å²) in [7, 11) is 0. The average Bonchev–Trinajstić information content (AvgIpc) is 2.36. The Kier molecular flexibility index (Phi) is 11.2. The van der Waals surface area contributed by atoms with Gasteiger partial charge in [-0.15, -0.1) is 0 Å². The van der Waals surface area contributed by atoms with Crippen LogP contribution in [0.25, 0.3) is 0 Å². The Morgan fingerprint density at radius 1 is 0.714 bits per heavy atom. The van der Waals surface area contributed by atoms with Gasteiger partial charge in [-0.05, 0) is 20.8 Å². The highest BCUT2D eigenvalue weighted by atomic mass is 16.5. The molecule has 0 bridgehead atoms. The summed E-state index contributed by atoms with van der Waals surface area (Å²) in [5.41, 5.74) is -0.793. The molecular weight excluding hydrogens is 280 g/mol. The Morgan fingerprint density at radius 2 is 1.00 bits per heavy atom. The second-order valence-corrected chi connectivity index (χ2v) is 5.75. The van der Waals surface area contributed by atoms with Crippen LogP contribution in [0.15, 0.2) is 0 Å². The van der Waals surface area contributed by atoms with Crippen molar-refractivity contribution in [3.63, 3.8) is 0 Å². The van der Waals surface area contributed by atoms with Crippen LogP contribution < -0.4 is 0 Å². The summed E-state index contributed by atoms with van der Waals surface area (Å²) in [6, 6.07) is 0. The standard InChI is InChI=1S/C14H30O7/c1-11(16)4-19-8-14(7-15,9-20-5-12(2)17)10-21-6-13(3)18/h11-13,15-18H,4-10H2,1-3H3/t11-,12-,13+/m1/s1. The molecule has 4 N–H and O–H groups in total. The van der Waals surface area contributed by atoms with E-state index in [2.05, 4.69) is 0 Å². The van der Waals surface area contributed by atoms with Crippen molar-refractivity contribution in [3.8, 4) is 0 Å². The van der Waals surface area contributed by atoms with Crippen molar-refractivity contribution in [1.82, 2.24) is 0 Å². The molecule has 0 aliphatic heterocycles. The van der Waals surface area contributed by atoms with Gasteiger partial charge in [0.05, 0.1) is 70.0 Å². The van der Waals surface area contributed by atoms with Gasteiger partial charge in [0.1, 0.15) is 0 Å². The fourth-order valence-electron chi connectivity index (χ4n) is 1.60. The van der Waals surface area contributed by atoms with Crippen molar-refractivity contribution >= 4 is 0 Å². The zero-order valence-electron chi connectivity index (χ0n) is 13.2. The maximum absolute atomic E-state index is 9.64. The summed E-state index contributed by atoms with van der Waals surface area (Å²) < 4.78 is 16.1. The van der Waals surface area contributed by atoms with Crippen LogP contribution in [0.3, 0.4) is 0 Å². The smallest absolute Gasteiger partial charge is 0.0745 e. The molecule has 0 aliphatic carbocycles. The Labute approximate surface area is 126 Å². The molecule has 0 saturated heterocycles. The van der Waals surface area contributed by atoms with Gasteiger partial charge in [0, 0.05) is 0 Å². The van der Waals surface area contributed by atoms with Gasteiger partial charge in [-0.3, -0.25) is 0 Å². The molecule has 0 aliphatic rings. The van der Waals surface area contributed by atoms with Crippen LogP contribution in [0.5, 0.6) is 0 Å². The highest BCUT2D eigenvalue weighted by molar-refractivity contribution is 4.79. The SMILES string of the molecule is C[C@H](O)COCC(CO)(COC[C@@H](C)O)COC[C@@H](C)O. The van der Waals surface area contributed by atoms with Gasteiger partial charge in [0.25, 0.3) is 0 Å². The van der Waals surface area contributed by atoms with E-state index in [-0.39, 0.29) is 46.2 Å². The number of aliphatic hydroxyl groups excluding tert-OH is 4. The first kappa shape index (κ1) is 20.7. The highest BCUT2D eigenvalue weighted by Gasteiger charge is 2.31. The highest BCUT2D eigenvalue weighted by Crippen LogP contribution is 2.19. The van der Waals surface area contributed by atoms with Crippen LogP contribution in [0.4, 0.5) is 0 Å². The molecule has 0 aromatic carbocycles. The molecule has 7 nitrogen and oxygen atoms in total. The summed E-state index contributed by atoms with van der Waals surface area (Å²) in [4.78, 5) is 0. The van der Waals surface area contributed by atoms with E-state index < -0.39 is 23.7 Å². The van der Waals surface area contributed by atoms with E-state index >= 15 is 0 Å². The van der Waals surface area contributed by atoms with E-state index in [1.165, 1.54) is 0 Å². The molecule has 0 spiro atoms. The Hall–Kier alpha value is -0.280. The summed E-state index contributed by atoms with van der Waals surface area (Å²) in [5.74, 6) is 0. The zero-order valence-corrected chi connectivity index (χ0v) is 13.2. The van der Waals surface area contributed by atoms with Gasteiger partial charge >= 0.3 is 0 Å². The van der Waals surface area contributed by atoms with Crippen molar-refractivity contribution in [1.29, 1.82) is 0 Å². The molecule has 0 saturated carbocycles. The van der Waals surface area contributed by atoms with Crippen LogP contribution in [-0.4, -0.2) is 85.0 Å². The molecular formula is C14H30O7. The summed E-state index contributed by atoms with van der Waals surface area (Å²) in [6.45, 7) is 5.47. The number of hydrogen-bond acceptors (Lipinski definition) is 7. The summed E-state index contributed by atoms with van der Waals surface area (Å²) >= 11 is 0. The minimum absolute atomic E-state index is 0.147. The first-order valence-electron chi connectivity index (χ1n) is 7.19. The van der Waals surface area contributed by atoms with E-state index in [1.807, 2.05) is 0 Å². The zero-order chi connectivity index (χ0) is 16.3. The van der Waals surface area contributed by atoms with E-state index in [0.29, 0.717) is 0 Å². The van der Waals surface area contributed by atoms with Crippen LogP contribution in [0, 0.1) is 5.41 Å². The predicted molar refractivity (Wildman–Crippen MR) is 77.0 cm³/mol. The molecule has 0 radical (unpaired) electrons. The molecule has 0 fully saturated rings. The Morgan fingerprint density at radius 3 is 1.19 bits per heavy atom. The van der Waals surface area contributed by atoms with Crippen LogP contribution >= 0.6 is 0 Å². The minimum atomic E-state index is -0.793. The molecule has 7 heteroatoms. The number of ether oxygens (including phenoxy) is 3. The molecule has 21 heavy (non-hydrogen) atoms. The minimum Gasteiger partial charge on any atom is -0.396 e. The van der Waals surface area contributed by atoms with Crippen molar-refractivity contribution in [3.05, 3.63) is 0 Å². The molecule has 0 heterocycles. The maximum Gasteiger partial charge on any atom is 0.0745 e. The quantitative estimate of drug-likeness (QED) is 0.351. The lowest BCUT2D eigenvalue weighted by Gasteiger charge is -2.31. The normalized spacial score (nSPS) is 16.7. The average molecular weight is 310 g/mol. The second-order valence-electron chi connectivity index (χ2n) is 5.75. The third-order valence-corrected chi connectivity index (χ3v) is 2.64. The predicted octanol–water partition coefficient (Wildman–Crippen LogP) is -0.843. The topological polar surface area (TPSA) is 109 Å². The van der Waals surface area contributed by atoms with Crippen molar-refractivity contribution in [2.24, 2.45) is 5.41 Å². The van der Waals surface area contributed by atoms with Crippen LogP contribution in [0.2, 0.25) is 0 Å². The lowest BCUT2D eigenvalue weighted by molar-refractivity contribution is -0.113. The van der Waals surface area contributed by atoms with Crippen molar-refractivity contribution in [2.45, 2.75) is 39.1 Å². The molecule has 0 unspecified atom stereocenters. The van der Waals surface area contributed by atoms with Gasteiger partial charge in [-0.1, -0.05) is 0 Å². The Balaban J connectivity index is 4.43. The molecule has 128 valence electrons. The van der Waals surface area contributed by atoms with E-state index in [0.717, 1.165) is 0 Å². The van der Waals surface area contributed by atoms with Gasteiger partial charge in [-0.2, -0.15) is 0 Å². The molecule has 0 aromatic rings. The van der Waals surface area contributed by atoms with E-state index in [4.69, 9.17) is 14.2 Å². The molecule has 3 atom stereocenters. The van der Waals surface area contributed by atoms with E-state index in [1.54, 1.807) is 20.8 Å². The Bertz CT molecular complexity index is 207. The van der Waals surface area contributed by atoms with Crippen molar-refractivity contribution < 1.29 is 34.6 Å². The fourth-order valence-corrected chi connectivity index (χ4v) is 1.60. The van der Waals surface area contributed by atoms with Crippen molar-refractivity contribution in [2.75, 3.05) is 46.2 Å². The molecule has 0 rings (SSSR count). The maximum atomic E-state index is 9.64. The molecule has 0 aromatic heterocycles. The number of hydrogen-bond donors (Lipinski definition) is 4.